The monoisotopic (exact) mass is 447 g/mol. The summed E-state index contributed by atoms with van der Waals surface area (Å²) in [4.78, 5) is 14.9. The lowest BCUT2D eigenvalue weighted by Gasteiger charge is -2.43. The number of amides is 1. The molecule has 1 N–H and O–H groups in total. The second-order valence-corrected chi connectivity index (χ2v) is 8.52. The summed E-state index contributed by atoms with van der Waals surface area (Å²) < 4.78 is 16.6. The molecule has 0 bridgehead atoms. The summed E-state index contributed by atoms with van der Waals surface area (Å²) in [5.74, 6) is 0.964. The number of rotatable bonds is 6. The summed E-state index contributed by atoms with van der Waals surface area (Å²) in [7, 11) is 3.19. The van der Waals surface area contributed by atoms with Crippen molar-refractivity contribution in [2.24, 2.45) is 5.10 Å². The minimum atomic E-state index is -0.448. The van der Waals surface area contributed by atoms with Gasteiger partial charge in [-0.25, -0.2) is 5.43 Å². The number of nitrogens with one attached hydrogen (secondary N) is 1. The minimum absolute atomic E-state index is 0.0876. The second kappa shape index (κ2) is 8.65. The number of nitrogens with zero attached hydrogens (tertiary/aromatic N) is 2. The summed E-state index contributed by atoms with van der Waals surface area (Å²) >= 11 is 0. The van der Waals surface area contributed by atoms with Gasteiger partial charge in [-0.1, -0.05) is 18.2 Å². The van der Waals surface area contributed by atoms with E-state index in [9.17, 15) is 4.79 Å². The lowest BCUT2D eigenvalue weighted by Crippen LogP contribution is -2.44. The van der Waals surface area contributed by atoms with Gasteiger partial charge in [0.1, 0.15) is 5.75 Å². The Hall–Kier alpha value is -3.74. The third kappa shape index (κ3) is 4.06. The van der Waals surface area contributed by atoms with E-state index in [1.54, 1.807) is 32.6 Å². The predicted octanol–water partition coefficient (Wildman–Crippen LogP) is 5.24. The number of allylic oxidation sites excluding steroid dienone is 1. The van der Waals surface area contributed by atoms with Gasteiger partial charge in [0.05, 0.1) is 26.0 Å². The molecule has 0 spiro atoms. The summed E-state index contributed by atoms with van der Waals surface area (Å²) in [6.45, 7) is 9.53. The zero-order chi connectivity index (χ0) is 23.8. The van der Waals surface area contributed by atoms with Crippen LogP contribution in [-0.4, -0.2) is 38.4 Å². The lowest BCUT2D eigenvalue weighted by atomic mass is 9.88. The van der Waals surface area contributed by atoms with Crippen LogP contribution in [0, 0.1) is 0 Å². The van der Waals surface area contributed by atoms with Crippen LogP contribution in [0.1, 0.15) is 49.4 Å². The maximum atomic E-state index is 12.6. The maximum Gasteiger partial charge on any atom is 0.307 e. The first-order valence-electron chi connectivity index (χ1n) is 10.9. The standard InChI is InChI=1S/C26H29N3O4/c1-7-29-20-13-22(32-6)18(11-19(20)16(2)14-26(29,3)4)15-27-28-25(30)23-12-17-9-8-10-21(31-5)24(17)33-23/h8-15H,7H2,1-6H3,(H,28,30)/b27-15-. The highest BCUT2D eigenvalue weighted by atomic mass is 16.5. The fraction of sp³-hybridized carbons (Fsp3) is 0.308. The SMILES string of the molecule is CCN1c2cc(OC)c(/C=N\NC(=O)c3cc4cccc(OC)c4o3)cc2C(C)=CC1(C)C. The smallest absolute Gasteiger partial charge is 0.307 e. The number of benzene rings is 2. The van der Waals surface area contributed by atoms with E-state index in [4.69, 9.17) is 13.9 Å². The van der Waals surface area contributed by atoms with E-state index in [-0.39, 0.29) is 11.3 Å². The molecule has 0 radical (unpaired) electrons. The van der Waals surface area contributed by atoms with Crippen LogP contribution in [0.4, 0.5) is 5.69 Å². The van der Waals surface area contributed by atoms with Crippen molar-refractivity contribution in [3.63, 3.8) is 0 Å². The van der Waals surface area contributed by atoms with Crippen LogP contribution in [0.25, 0.3) is 16.5 Å². The fourth-order valence-electron chi connectivity index (χ4n) is 4.50. The number of methoxy groups -OCH3 is 2. The highest BCUT2D eigenvalue weighted by Gasteiger charge is 2.31. The minimum Gasteiger partial charge on any atom is -0.496 e. The number of para-hydroxylation sites is 1. The molecule has 0 atom stereocenters. The average molecular weight is 448 g/mol. The number of furan rings is 1. The van der Waals surface area contributed by atoms with Crippen molar-refractivity contribution in [2.45, 2.75) is 33.2 Å². The number of hydrazone groups is 1. The topological polar surface area (TPSA) is 76.3 Å². The van der Waals surface area contributed by atoms with E-state index in [0.717, 1.165) is 28.7 Å². The molecule has 1 aliphatic rings. The molecule has 33 heavy (non-hydrogen) atoms. The summed E-state index contributed by atoms with van der Waals surface area (Å²) in [6, 6.07) is 11.2. The van der Waals surface area contributed by atoms with Crippen LogP contribution in [-0.2, 0) is 0 Å². The molecule has 4 rings (SSSR count). The molecule has 0 aliphatic carbocycles. The number of carbonyl (C=O) groups excluding carboxylic acids is 1. The number of ether oxygens (including phenoxy) is 2. The first-order chi connectivity index (χ1) is 15.8. The highest BCUT2D eigenvalue weighted by molar-refractivity contribution is 5.98. The molecule has 1 aromatic heterocycles. The van der Waals surface area contributed by atoms with Gasteiger partial charge in [-0.3, -0.25) is 4.79 Å². The van der Waals surface area contributed by atoms with Gasteiger partial charge in [0.15, 0.2) is 17.1 Å². The van der Waals surface area contributed by atoms with Gasteiger partial charge in [-0.2, -0.15) is 5.10 Å². The summed E-state index contributed by atoms with van der Waals surface area (Å²) in [5, 5.41) is 4.94. The molecule has 7 heteroatoms. The molecule has 172 valence electrons. The maximum absolute atomic E-state index is 12.6. The normalized spacial score (nSPS) is 14.8. The van der Waals surface area contributed by atoms with Gasteiger partial charge in [0, 0.05) is 34.8 Å². The summed E-state index contributed by atoms with van der Waals surface area (Å²) in [6.07, 6.45) is 3.85. The van der Waals surface area contributed by atoms with E-state index >= 15 is 0 Å². The van der Waals surface area contributed by atoms with Gasteiger partial charge >= 0.3 is 5.91 Å². The van der Waals surface area contributed by atoms with Gasteiger partial charge < -0.3 is 18.8 Å². The molecule has 0 saturated heterocycles. The molecule has 7 nitrogen and oxygen atoms in total. The quantitative estimate of drug-likeness (QED) is 0.413. The van der Waals surface area contributed by atoms with Crippen LogP contribution in [0.15, 0.2) is 52.0 Å². The van der Waals surface area contributed by atoms with Crippen LogP contribution >= 0.6 is 0 Å². The fourth-order valence-corrected chi connectivity index (χ4v) is 4.50. The molecule has 0 fully saturated rings. The summed E-state index contributed by atoms with van der Waals surface area (Å²) in [5.41, 5.74) is 7.18. The van der Waals surface area contributed by atoms with Gasteiger partial charge in [0.2, 0.25) is 0 Å². The Balaban J connectivity index is 1.60. The van der Waals surface area contributed by atoms with Gasteiger partial charge in [0.25, 0.3) is 0 Å². The molecular formula is C26H29N3O4. The van der Waals surface area contributed by atoms with Crippen molar-refractivity contribution in [3.8, 4) is 11.5 Å². The van der Waals surface area contributed by atoms with Crippen LogP contribution < -0.4 is 19.8 Å². The molecule has 0 saturated carbocycles. The van der Waals surface area contributed by atoms with Gasteiger partial charge in [-0.05, 0) is 51.5 Å². The molecule has 2 heterocycles. The zero-order valence-electron chi connectivity index (χ0n) is 19.9. The Bertz CT molecular complexity index is 1270. The first-order valence-corrected chi connectivity index (χ1v) is 10.9. The van der Waals surface area contributed by atoms with Crippen molar-refractivity contribution in [1.82, 2.24) is 5.43 Å². The average Bonchev–Trinajstić information content (AvgIpc) is 3.23. The second-order valence-electron chi connectivity index (χ2n) is 8.52. The zero-order valence-corrected chi connectivity index (χ0v) is 19.9. The van der Waals surface area contributed by atoms with Crippen molar-refractivity contribution < 1.29 is 18.7 Å². The molecule has 1 amide bonds. The van der Waals surface area contributed by atoms with Crippen molar-refractivity contribution in [3.05, 3.63) is 59.4 Å². The van der Waals surface area contributed by atoms with Crippen LogP contribution in [0.5, 0.6) is 11.5 Å². The number of fused-ring (bicyclic) bond motifs is 2. The van der Waals surface area contributed by atoms with E-state index in [0.29, 0.717) is 17.1 Å². The highest BCUT2D eigenvalue weighted by Crippen LogP contribution is 2.41. The van der Waals surface area contributed by atoms with Crippen molar-refractivity contribution in [2.75, 3.05) is 25.7 Å². The van der Waals surface area contributed by atoms with Gasteiger partial charge in [-0.15, -0.1) is 0 Å². The Morgan fingerprint density at radius 2 is 1.94 bits per heavy atom. The van der Waals surface area contributed by atoms with Crippen molar-refractivity contribution >= 4 is 34.4 Å². The number of anilines is 1. The molecular weight excluding hydrogens is 418 g/mol. The van der Waals surface area contributed by atoms with E-state index < -0.39 is 5.91 Å². The lowest BCUT2D eigenvalue weighted by molar-refractivity contribution is 0.0929. The third-order valence-electron chi connectivity index (χ3n) is 5.97. The van der Waals surface area contributed by atoms with E-state index in [1.807, 2.05) is 24.3 Å². The van der Waals surface area contributed by atoms with E-state index in [1.165, 1.54) is 5.57 Å². The largest absolute Gasteiger partial charge is 0.496 e. The Kier molecular flexibility index (Phi) is 5.89. The number of hydrogen-bond donors (Lipinski definition) is 1. The number of likely N-dealkylation sites (N-methyl/N-ethyl adjacent to an activating group) is 1. The van der Waals surface area contributed by atoms with Crippen molar-refractivity contribution in [1.29, 1.82) is 0 Å². The molecule has 2 aromatic carbocycles. The van der Waals surface area contributed by atoms with Crippen LogP contribution in [0.3, 0.4) is 0 Å². The number of hydrogen-bond acceptors (Lipinski definition) is 6. The third-order valence-corrected chi connectivity index (χ3v) is 5.97. The molecule has 1 aliphatic heterocycles. The molecule has 0 unspecified atom stereocenters. The Morgan fingerprint density at radius 1 is 1.18 bits per heavy atom. The van der Waals surface area contributed by atoms with Crippen LogP contribution in [0.2, 0.25) is 0 Å². The number of carbonyl (C=O) groups is 1. The Morgan fingerprint density at radius 3 is 2.64 bits per heavy atom. The first kappa shape index (κ1) is 22.5. The van der Waals surface area contributed by atoms with E-state index in [2.05, 4.69) is 49.2 Å². The molecule has 3 aromatic rings. The Labute approximate surface area is 193 Å². The predicted molar refractivity (Wildman–Crippen MR) is 132 cm³/mol.